The lowest BCUT2D eigenvalue weighted by Crippen LogP contribution is -2.09. The molecule has 0 fully saturated rings. The van der Waals surface area contributed by atoms with Crippen LogP contribution in [0.4, 0.5) is 5.82 Å². The third-order valence-corrected chi connectivity index (χ3v) is 4.14. The molecule has 2 heterocycles. The first kappa shape index (κ1) is 14.4. The Morgan fingerprint density at radius 2 is 2.16 bits per heavy atom. The summed E-state index contributed by atoms with van der Waals surface area (Å²) in [6.45, 7) is 6.22. The number of aromatic nitrogens is 3. The first-order valence-electron chi connectivity index (χ1n) is 6.30. The molecule has 0 amide bonds. The van der Waals surface area contributed by atoms with Crippen molar-refractivity contribution in [1.82, 2.24) is 15.0 Å². The number of hydrogen-bond acceptors (Lipinski definition) is 5. The quantitative estimate of drug-likeness (QED) is 0.831. The minimum atomic E-state index is 0.148. The average molecular weight is 341 g/mol. The van der Waals surface area contributed by atoms with Gasteiger partial charge in [-0.05, 0) is 36.2 Å². The molecular formula is C13H17BrN4S. The highest BCUT2D eigenvalue weighted by molar-refractivity contribution is 9.10. The highest BCUT2D eigenvalue weighted by atomic mass is 79.9. The van der Waals surface area contributed by atoms with Gasteiger partial charge in [-0.2, -0.15) is 0 Å². The SMILES string of the molecule is CCCc1nc(Br)cc(NC(C)c2nc(C)cs2)n1. The van der Waals surface area contributed by atoms with Crippen molar-refractivity contribution in [3.8, 4) is 0 Å². The van der Waals surface area contributed by atoms with Gasteiger partial charge in [0.2, 0.25) is 0 Å². The van der Waals surface area contributed by atoms with Gasteiger partial charge >= 0.3 is 0 Å². The van der Waals surface area contributed by atoms with Gasteiger partial charge in [0.05, 0.1) is 6.04 Å². The predicted molar refractivity (Wildman–Crippen MR) is 82.6 cm³/mol. The van der Waals surface area contributed by atoms with Crippen molar-refractivity contribution in [2.45, 2.75) is 39.7 Å². The molecule has 0 aliphatic carbocycles. The highest BCUT2D eigenvalue weighted by Crippen LogP contribution is 2.22. The summed E-state index contributed by atoms with van der Waals surface area (Å²) in [6, 6.07) is 2.05. The van der Waals surface area contributed by atoms with Crippen LogP contribution in [0, 0.1) is 6.92 Å². The zero-order valence-electron chi connectivity index (χ0n) is 11.3. The van der Waals surface area contributed by atoms with E-state index in [1.807, 2.05) is 13.0 Å². The summed E-state index contributed by atoms with van der Waals surface area (Å²) < 4.78 is 0.816. The van der Waals surface area contributed by atoms with Gasteiger partial charge in [-0.25, -0.2) is 15.0 Å². The molecule has 2 rings (SSSR count). The maximum atomic E-state index is 4.52. The van der Waals surface area contributed by atoms with Gasteiger partial charge in [-0.1, -0.05) is 6.92 Å². The molecule has 102 valence electrons. The number of aryl methyl sites for hydroxylation is 2. The lowest BCUT2D eigenvalue weighted by Gasteiger charge is -2.13. The summed E-state index contributed by atoms with van der Waals surface area (Å²) in [6.07, 6.45) is 1.93. The van der Waals surface area contributed by atoms with Crippen LogP contribution in [0.2, 0.25) is 0 Å². The van der Waals surface area contributed by atoms with Crippen LogP contribution in [0.15, 0.2) is 16.0 Å². The molecule has 2 aromatic heterocycles. The third-order valence-electron chi connectivity index (χ3n) is 2.59. The van der Waals surface area contributed by atoms with E-state index in [2.05, 4.69) is 55.4 Å². The molecule has 0 bridgehead atoms. The Morgan fingerprint density at radius 1 is 1.37 bits per heavy atom. The fraction of sp³-hybridized carbons (Fsp3) is 0.462. The average Bonchev–Trinajstić information content (AvgIpc) is 2.75. The molecule has 0 aliphatic heterocycles. The Bertz CT molecular complexity index is 555. The van der Waals surface area contributed by atoms with Crippen molar-refractivity contribution < 1.29 is 0 Å². The summed E-state index contributed by atoms with van der Waals surface area (Å²) in [5.74, 6) is 1.70. The second-order valence-corrected chi connectivity index (χ2v) is 6.14. The van der Waals surface area contributed by atoms with E-state index in [1.165, 1.54) is 0 Å². The molecule has 6 heteroatoms. The van der Waals surface area contributed by atoms with Crippen LogP contribution < -0.4 is 5.32 Å². The Labute approximate surface area is 125 Å². The van der Waals surface area contributed by atoms with E-state index in [4.69, 9.17) is 0 Å². The zero-order chi connectivity index (χ0) is 13.8. The maximum Gasteiger partial charge on any atom is 0.132 e. The molecular weight excluding hydrogens is 324 g/mol. The standard InChI is InChI=1S/C13H17BrN4S/c1-4-5-11-17-10(14)6-12(18-11)16-9(3)13-15-8(2)7-19-13/h6-7,9H,4-5H2,1-3H3,(H,16,17,18). The Balaban J connectivity index is 2.14. The van der Waals surface area contributed by atoms with E-state index in [0.717, 1.165) is 39.8 Å². The Kier molecular flexibility index (Phi) is 4.87. The van der Waals surface area contributed by atoms with Crippen LogP contribution in [-0.2, 0) is 6.42 Å². The van der Waals surface area contributed by atoms with Gasteiger partial charge < -0.3 is 5.32 Å². The summed E-state index contributed by atoms with van der Waals surface area (Å²) in [5, 5.41) is 6.51. The van der Waals surface area contributed by atoms with E-state index in [0.29, 0.717) is 0 Å². The van der Waals surface area contributed by atoms with E-state index in [-0.39, 0.29) is 6.04 Å². The highest BCUT2D eigenvalue weighted by Gasteiger charge is 2.11. The fourth-order valence-electron chi connectivity index (χ4n) is 1.73. The largest absolute Gasteiger partial charge is 0.361 e. The van der Waals surface area contributed by atoms with Crippen molar-refractivity contribution in [1.29, 1.82) is 0 Å². The van der Waals surface area contributed by atoms with E-state index < -0.39 is 0 Å². The number of anilines is 1. The van der Waals surface area contributed by atoms with Gasteiger partial charge in [-0.3, -0.25) is 0 Å². The van der Waals surface area contributed by atoms with Crippen LogP contribution >= 0.6 is 27.3 Å². The van der Waals surface area contributed by atoms with E-state index >= 15 is 0 Å². The second-order valence-electron chi connectivity index (χ2n) is 4.44. The first-order valence-corrected chi connectivity index (χ1v) is 7.97. The zero-order valence-corrected chi connectivity index (χ0v) is 13.7. The van der Waals surface area contributed by atoms with Gasteiger partial charge in [-0.15, -0.1) is 11.3 Å². The van der Waals surface area contributed by atoms with Gasteiger partial charge in [0.15, 0.2) is 0 Å². The van der Waals surface area contributed by atoms with Crippen LogP contribution in [0.1, 0.15) is 42.8 Å². The summed E-state index contributed by atoms with van der Waals surface area (Å²) in [7, 11) is 0. The van der Waals surface area contributed by atoms with E-state index in [9.17, 15) is 0 Å². The minimum absolute atomic E-state index is 0.148. The number of nitrogens with zero attached hydrogens (tertiary/aromatic N) is 3. The molecule has 19 heavy (non-hydrogen) atoms. The van der Waals surface area contributed by atoms with E-state index in [1.54, 1.807) is 11.3 Å². The fourth-order valence-corrected chi connectivity index (χ4v) is 2.95. The van der Waals surface area contributed by atoms with Crippen LogP contribution in [0.5, 0.6) is 0 Å². The lowest BCUT2D eigenvalue weighted by molar-refractivity contribution is 0.810. The number of thiazole rings is 1. The second kappa shape index (κ2) is 6.43. The van der Waals surface area contributed by atoms with Crippen LogP contribution in [0.25, 0.3) is 0 Å². The lowest BCUT2D eigenvalue weighted by atomic mass is 10.3. The molecule has 1 N–H and O–H groups in total. The summed E-state index contributed by atoms with van der Waals surface area (Å²) >= 11 is 5.10. The number of hydrogen-bond donors (Lipinski definition) is 1. The minimum Gasteiger partial charge on any atom is -0.361 e. The Hall–Kier alpha value is -1.01. The maximum absolute atomic E-state index is 4.52. The number of nitrogens with one attached hydrogen (secondary N) is 1. The predicted octanol–water partition coefficient (Wildman–Crippen LogP) is 4.13. The molecule has 0 aromatic carbocycles. The molecule has 1 unspecified atom stereocenters. The number of halogens is 1. The van der Waals surface area contributed by atoms with Crippen molar-refractivity contribution in [2.24, 2.45) is 0 Å². The van der Waals surface area contributed by atoms with Crippen LogP contribution in [-0.4, -0.2) is 15.0 Å². The van der Waals surface area contributed by atoms with Gasteiger partial charge in [0.1, 0.15) is 21.3 Å². The molecule has 0 radical (unpaired) electrons. The Morgan fingerprint density at radius 3 is 2.79 bits per heavy atom. The summed E-state index contributed by atoms with van der Waals surface area (Å²) in [5.41, 5.74) is 1.06. The molecule has 0 saturated heterocycles. The normalized spacial score (nSPS) is 12.4. The van der Waals surface area contributed by atoms with Crippen molar-refractivity contribution in [3.05, 3.63) is 32.6 Å². The molecule has 2 aromatic rings. The molecule has 4 nitrogen and oxygen atoms in total. The summed E-state index contributed by atoms with van der Waals surface area (Å²) in [4.78, 5) is 13.4. The molecule has 0 saturated carbocycles. The number of rotatable bonds is 5. The first-order chi connectivity index (χ1) is 9.08. The third kappa shape index (κ3) is 3.98. The monoisotopic (exact) mass is 340 g/mol. The molecule has 0 spiro atoms. The van der Waals surface area contributed by atoms with Crippen molar-refractivity contribution in [2.75, 3.05) is 5.32 Å². The van der Waals surface area contributed by atoms with Crippen LogP contribution in [0.3, 0.4) is 0 Å². The molecule has 1 atom stereocenters. The van der Waals surface area contributed by atoms with Crippen molar-refractivity contribution in [3.63, 3.8) is 0 Å². The topological polar surface area (TPSA) is 50.7 Å². The van der Waals surface area contributed by atoms with Gasteiger partial charge in [0, 0.05) is 23.6 Å². The van der Waals surface area contributed by atoms with Gasteiger partial charge in [0.25, 0.3) is 0 Å². The molecule has 0 aliphatic rings. The van der Waals surface area contributed by atoms with Crippen molar-refractivity contribution >= 4 is 33.1 Å². The smallest absolute Gasteiger partial charge is 0.132 e.